The highest BCUT2D eigenvalue weighted by molar-refractivity contribution is 6.07. The van der Waals surface area contributed by atoms with Gasteiger partial charge in [0.2, 0.25) is 0 Å². The summed E-state index contributed by atoms with van der Waals surface area (Å²) in [4.78, 5) is 12.6. The smallest absolute Gasteiger partial charge is 0.189 e. The van der Waals surface area contributed by atoms with E-state index in [1.54, 1.807) is 33.8 Å². The van der Waals surface area contributed by atoms with Crippen molar-refractivity contribution in [2.24, 2.45) is 0 Å². The van der Waals surface area contributed by atoms with Gasteiger partial charge in [-0.25, -0.2) is 13.8 Å². The van der Waals surface area contributed by atoms with Crippen LogP contribution in [0, 0.1) is 12.7 Å². The van der Waals surface area contributed by atoms with Gasteiger partial charge in [-0.2, -0.15) is 10.2 Å². The van der Waals surface area contributed by atoms with Crippen LogP contribution in [-0.4, -0.2) is 25.3 Å². The highest BCUT2D eigenvalue weighted by Gasteiger charge is 2.13. The first-order valence-electron chi connectivity index (χ1n) is 8.75. The van der Waals surface area contributed by atoms with Crippen LogP contribution in [-0.2, 0) is 0 Å². The van der Waals surface area contributed by atoms with Crippen molar-refractivity contribution in [2.45, 2.75) is 6.92 Å². The Bertz CT molecular complexity index is 1140. The summed E-state index contributed by atoms with van der Waals surface area (Å²) < 4.78 is 16.5. The predicted molar refractivity (Wildman–Crippen MR) is 105 cm³/mol. The van der Waals surface area contributed by atoms with Crippen LogP contribution in [0.1, 0.15) is 21.6 Å². The van der Waals surface area contributed by atoms with E-state index in [2.05, 4.69) is 10.2 Å². The van der Waals surface area contributed by atoms with E-state index in [1.807, 2.05) is 43.5 Å². The van der Waals surface area contributed by atoms with Gasteiger partial charge in [0.15, 0.2) is 5.78 Å². The lowest BCUT2D eigenvalue weighted by Gasteiger charge is -2.04. The quantitative estimate of drug-likeness (QED) is 0.385. The Morgan fingerprint density at radius 1 is 0.964 bits per heavy atom. The summed E-state index contributed by atoms with van der Waals surface area (Å²) in [6.07, 6.45) is 8.31. The molecule has 0 atom stereocenters. The Morgan fingerprint density at radius 3 is 2.46 bits per heavy atom. The molecule has 138 valence electrons. The van der Waals surface area contributed by atoms with E-state index in [0.717, 1.165) is 11.3 Å². The van der Waals surface area contributed by atoms with Crippen LogP contribution in [0.5, 0.6) is 0 Å². The van der Waals surface area contributed by atoms with Crippen LogP contribution in [0.2, 0.25) is 0 Å². The number of ketones is 1. The van der Waals surface area contributed by atoms with Crippen LogP contribution in [0.3, 0.4) is 0 Å². The van der Waals surface area contributed by atoms with E-state index in [0.29, 0.717) is 16.9 Å². The second-order valence-electron chi connectivity index (χ2n) is 6.28. The lowest BCUT2D eigenvalue weighted by atomic mass is 10.1. The summed E-state index contributed by atoms with van der Waals surface area (Å²) in [5, 5.41) is 8.57. The standard InChI is InChI=1S/C22H17FN4O/c1-16-21(14-25-27(16)20-10-8-18(23)9-11-20)22(28)12-7-17-13-24-26(15-17)19-5-3-2-4-6-19/h2-15H,1H3. The Balaban J connectivity index is 1.53. The number of rotatable bonds is 5. The lowest BCUT2D eigenvalue weighted by Crippen LogP contribution is -2.01. The van der Waals surface area contributed by atoms with E-state index < -0.39 is 0 Å². The molecule has 2 aromatic carbocycles. The maximum absolute atomic E-state index is 13.1. The van der Waals surface area contributed by atoms with Crippen molar-refractivity contribution in [1.29, 1.82) is 0 Å². The molecule has 0 unspecified atom stereocenters. The number of aromatic nitrogens is 4. The van der Waals surface area contributed by atoms with Crippen LogP contribution in [0.15, 0.2) is 79.3 Å². The molecule has 2 aromatic heterocycles. The van der Waals surface area contributed by atoms with Gasteiger partial charge in [0, 0.05) is 11.8 Å². The number of carbonyl (C=O) groups excluding carboxylic acids is 1. The Morgan fingerprint density at radius 2 is 1.71 bits per heavy atom. The minimum Gasteiger partial charge on any atom is -0.289 e. The number of carbonyl (C=O) groups is 1. The van der Waals surface area contributed by atoms with Crippen molar-refractivity contribution in [3.8, 4) is 11.4 Å². The SMILES string of the molecule is Cc1c(C(=O)C=Cc2cnn(-c3ccccc3)c2)cnn1-c1ccc(F)cc1. The van der Waals surface area contributed by atoms with Crippen LogP contribution < -0.4 is 0 Å². The maximum atomic E-state index is 13.1. The van der Waals surface area contributed by atoms with E-state index in [4.69, 9.17) is 0 Å². The number of para-hydroxylation sites is 1. The number of nitrogens with zero attached hydrogens (tertiary/aromatic N) is 4. The lowest BCUT2D eigenvalue weighted by molar-refractivity contribution is 0.104. The summed E-state index contributed by atoms with van der Waals surface area (Å²) in [6.45, 7) is 1.81. The first kappa shape index (κ1) is 17.6. The monoisotopic (exact) mass is 372 g/mol. The van der Waals surface area contributed by atoms with Crippen LogP contribution >= 0.6 is 0 Å². The maximum Gasteiger partial charge on any atom is 0.189 e. The molecule has 0 radical (unpaired) electrons. The number of hydrogen-bond donors (Lipinski definition) is 0. The predicted octanol–water partition coefficient (Wildman–Crippen LogP) is 4.40. The first-order valence-corrected chi connectivity index (χ1v) is 8.75. The molecular formula is C22H17FN4O. The molecule has 0 saturated heterocycles. The fourth-order valence-corrected chi connectivity index (χ4v) is 2.90. The number of halogens is 1. The van der Waals surface area contributed by atoms with Crippen LogP contribution in [0.4, 0.5) is 4.39 Å². The van der Waals surface area contributed by atoms with Crippen molar-refractivity contribution in [2.75, 3.05) is 0 Å². The third kappa shape index (κ3) is 3.53. The third-order valence-corrected chi connectivity index (χ3v) is 4.40. The van der Waals surface area contributed by atoms with Gasteiger partial charge >= 0.3 is 0 Å². The molecule has 4 aromatic rings. The van der Waals surface area contributed by atoms with Gasteiger partial charge in [-0.1, -0.05) is 18.2 Å². The summed E-state index contributed by atoms with van der Waals surface area (Å²) in [7, 11) is 0. The van der Waals surface area contributed by atoms with Gasteiger partial charge in [0.1, 0.15) is 5.82 Å². The average Bonchev–Trinajstić information content (AvgIpc) is 3.34. The molecule has 0 saturated carbocycles. The van der Waals surface area contributed by atoms with Gasteiger partial charge in [-0.15, -0.1) is 0 Å². The zero-order valence-electron chi connectivity index (χ0n) is 15.2. The van der Waals surface area contributed by atoms with Crippen molar-refractivity contribution in [1.82, 2.24) is 19.6 Å². The molecule has 0 spiro atoms. The Kier molecular flexibility index (Phi) is 4.68. The van der Waals surface area contributed by atoms with Crippen LogP contribution in [0.25, 0.3) is 17.5 Å². The summed E-state index contributed by atoms with van der Waals surface area (Å²) in [5.74, 6) is -0.470. The van der Waals surface area contributed by atoms with E-state index in [1.165, 1.54) is 24.4 Å². The molecule has 0 aliphatic heterocycles. The fourth-order valence-electron chi connectivity index (χ4n) is 2.90. The second-order valence-corrected chi connectivity index (χ2v) is 6.28. The Hall–Kier alpha value is -3.80. The highest BCUT2D eigenvalue weighted by Crippen LogP contribution is 2.16. The summed E-state index contributed by atoms with van der Waals surface area (Å²) in [5.41, 5.74) is 3.66. The molecule has 28 heavy (non-hydrogen) atoms. The minimum atomic E-state index is -0.316. The average molecular weight is 372 g/mol. The summed E-state index contributed by atoms with van der Waals surface area (Å²) >= 11 is 0. The molecular weight excluding hydrogens is 355 g/mol. The Labute approximate surface area is 161 Å². The van der Waals surface area contributed by atoms with Gasteiger partial charge in [0.25, 0.3) is 0 Å². The van der Waals surface area contributed by atoms with E-state index in [9.17, 15) is 9.18 Å². The number of hydrogen-bond acceptors (Lipinski definition) is 3. The van der Waals surface area contributed by atoms with Gasteiger partial charge in [-0.3, -0.25) is 4.79 Å². The molecule has 2 heterocycles. The number of allylic oxidation sites excluding steroid dienone is 1. The minimum absolute atomic E-state index is 0.154. The highest BCUT2D eigenvalue weighted by atomic mass is 19.1. The summed E-state index contributed by atoms with van der Waals surface area (Å²) in [6, 6.07) is 15.7. The molecule has 6 heteroatoms. The zero-order chi connectivity index (χ0) is 19.5. The molecule has 0 fully saturated rings. The molecule has 0 amide bonds. The molecule has 0 aliphatic carbocycles. The van der Waals surface area contributed by atoms with Gasteiger partial charge < -0.3 is 0 Å². The van der Waals surface area contributed by atoms with Gasteiger partial charge in [-0.05, 0) is 55.5 Å². The zero-order valence-corrected chi connectivity index (χ0v) is 15.2. The largest absolute Gasteiger partial charge is 0.289 e. The van der Waals surface area contributed by atoms with Crippen molar-refractivity contribution >= 4 is 11.9 Å². The van der Waals surface area contributed by atoms with E-state index >= 15 is 0 Å². The van der Waals surface area contributed by atoms with E-state index in [-0.39, 0.29) is 11.6 Å². The normalized spacial score (nSPS) is 11.2. The van der Waals surface area contributed by atoms with Crippen molar-refractivity contribution in [3.05, 3.63) is 102 Å². The fraction of sp³-hybridized carbons (Fsp3) is 0.0455. The number of benzene rings is 2. The van der Waals surface area contributed by atoms with Gasteiger partial charge in [0.05, 0.1) is 35.0 Å². The molecule has 0 bridgehead atoms. The molecule has 4 rings (SSSR count). The second kappa shape index (κ2) is 7.44. The topological polar surface area (TPSA) is 52.7 Å². The third-order valence-electron chi connectivity index (χ3n) is 4.40. The molecule has 0 N–H and O–H groups in total. The van der Waals surface area contributed by atoms with Crippen molar-refractivity contribution < 1.29 is 9.18 Å². The van der Waals surface area contributed by atoms with Crippen molar-refractivity contribution in [3.63, 3.8) is 0 Å². The molecule has 5 nitrogen and oxygen atoms in total. The first-order chi connectivity index (χ1) is 13.6. The molecule has 0 aliphatic rings.